The average Bonchev–Trinajstić information content (AvgIpc) is 3.41. The van der Waals surface area contributed by atoms with E-state index >= 15 is 0 Å². The van der Waals surface area contributed by atoms with Crippen molar-refractivity contribution in [3.05, 3.63) is 83.5 Å². The molecule has 7 nitrogen and oxygen atoms in total. The summed E-state index contributed by atoms with van der Waals surface area (Å²) in [6, 6.07) is 13.6. The zero-order valence-electron chi connectivity index (χ0n) is 16.6. The van der Waals surface area contributed by atoms with E-state index in [0.29, 0.717) is 6.61 Å². The molecule has 154 valence electrons. The van der Waals surface area contributed by atoms with Gasteiger partial charge in [-0.2, -0.15) is 0 Å². The molecule has 30 heavy (non-hydrogen) atoms. The van der Waals surface area contributed by atoms with E-state index in [-0.39, 0.29) is 29.2 Å². The minimum Gasteiger partial charge on any atom is -0.370 e. The molecule has 5 rings (SSSR count). The van der Waals surface area contributed by atoms with Crippen molar-refractivity contribution >= 4 is 5.91 Å². The van der Waals surface area contributed by atoms with Crippen LogP contribution in [0.5, 0.6) is 0 Å². The summed E-state index contributed by atoms with van der Waals surface area (Å²) >= 11 is 0. The predicted octanol–water partition coefficient (Wildman–Crippen LogP) is 2.76. The van der Waals surface area contributed by atoms with Gasteiger partial charge in [0.2, 0.25) is 0 Å². The van der Waals surface area contributed by atoms with Crippen LogP contribution in [0.3, 0.4) is 0 Å². The SMILES string of the molecule is O=C(N[C@H]1c2ccccc2C2(CCNCC2)[C@@H]1OCc1cccnc1)c1ccon1. The van der Waals surface area contributed by atoms with Crippen LogP contribution in [-0.4, -0.2) is 35.2 Å². The molecule has 2 aliphatic rings. The third kappa shape index (κ3) is 3.30. The lowest BCUT2D eigenvalue weighted by atomic mass is 9.72. The Hall–Kier alpha value is -3.03. The van der Waals surface area contributed by atoms with Crippen LogP contribution in [0.2, 0.25) is 0 Å². The van der Waals surface area contributed by atoms with E-state index < -0.39 is 0 Å². The molecule has 1 saturated heterocycles. The number of piperidine rings is 1. The number of pyridine rings is 1. The molecule has 0 unspecified atom stereocenters. The number of nitrogens with zero attached hydrogens (tertiary/aromatic N) is 2. The first kappa shape index (κ1) is 19.0. The standard InChI is InChI=1S/C23H24N4O3/c28-22(19-7-13-30-27-19)26-20-17-5-1-2-6-18(17)23(8-11-24-12-9-23)21(20)29-15-16-4-3-10-25-14-16/h1-7,10,13-14,20-21,24H,8-9,11-12,15H2,(H,26,28)/t20-,21+/m0/s1. The van der Waals surface area contributed by atoms with Crippen molar-refractivity contribution in [2.24, 2.45) is 0 Å². The van der Waals surface area contributed by atoms with Gasteiger partial charge in [-0.1, -0.05) is 35.5 Å². The number of aromatic nitrogens is 2. The van der Waals surface area contributed by atoms with Gasteiger partial charge in [0.05, 0.1) is 18.8 Å². The van der Waals surface area contributed by atoms with E-state index in [4.69, 9.17) is 9.26 Å². The summed E-state index contributed by atoms with van der Waals surface area (Å²) in [7, 11) is 0. The first-order valence-corrected chi connectivity index (χ1v) is 10.3. The van der Waals surface area contributed by atoms with Crippen LogP contribution in [0.25, 0.3) is 0 Å². The maximum atomic E-state index is 12.9. The number of fused-ring (bicyclic) bond motifs is 2. The molecule has 1 aliphatic carbocycles. The third-order valence-corrected chi connectivity index (χ3v) is 6.28. The number of hydrogen-bond acceptors (Lipinski definition) is 6. The Morgan fingerprint density at radius 3 is 2.83 bits per heavy atom. The molecule has 0 bridgehead atoms. The van der Waals surface area contributed by atoms with Gasteiger partial charge in [-0.15, -0.1) is 0 Å². The van der Waals surface area contributed by atoms with Crippen LogP contribution in [0.1, 0.15) is 46.1 Å². The molecule has 2 N–H and O–H groups in total. The summed E-state index contributed by atoms with van der Waals surface area (Å²) in [6.45, 7) is 2.29. The van der Waals surface area contributed by atoms with Crippen molar-refractivity contribution in [1.82, 2.24) is 20.8 Å². The van der Waals surface area contributed by atoms with E-state index in [1.807, 2.05) is 24.4 Å². The number of carbonyl (C=O) groups excluding carboxylic acids is 1. The van der Waals surface area contributed by atoms with Crippen LogP contribution < -0.4 is 10.6 Å². The molecule has 1 fully saturated rings. The normalized spacial score (nSPS) is 22.0. The zero-order chi connectivity index (χ0) is 20.4. The molecule has 0 saturated carbocycles. The highest BCUT2D eigenvalue weighted by molar-refractivity contribution is 5.92. The highest BCUT2D eigenvalue weighted by atomic mass is 16.5. The first-order valence-electron chi connectivity index (χ1n) is 10.3. The van der Waals surface area contributed by atoms with Gasteiger partial charge >= 0.3 is 0 Å². The second kappa shape index (κ2) is 8.01. The van der Waals surface area contributed by atoms with E-state index in [9.17, 15) is 4.79 Å². The molecular weight excluding hydrogens is 380 g/mol. The van der Waals surface area contributed by atoms with E-state index in [0.717, 1.165) is 37.1 Å². The number of rotatable bonds is 5. The highest BCUT2D eigenvalue weighted by Crippen LogP contribution is 2.51. The Morgan fingerprint density at radius 2 is 2.07 bits per heavy atom. The lowest BCUT2D eigenvalue weighted by molar-refractivity contribution is -0.0363. The number of carbonyl (C=O) groups is 1. The van der Waals surface area contributed by atoms with Crippen LogP contribution in [0.4, 0.5) is 0 Å². The number of benzene rings is 1. The topological polar surface area (TPSA) is 89.3 Å². The van der Waals surface area contributed by atoms with Gasteiger partial charge < -0.3 is 19.9 Å². The summed E-state index contributed by atoms with van der Waals surface area (Å²) < 4.78 is 11.4. The molecule has 7 heteroatoms. The fourth-order valence-electron chi connectivity index (χ4n) is 4.91. The first-order chi connectivity index (χ1) is 14.8. The van der Waals surface area contributed by atoms with Gasteiger partial charge in [0.25, 0.3) is 5.91 Å². The fourth-order valence-corrected chi connectivity index (χ4v) is 4.91. The highest BCUT2D eigenvalue weighted by Gasteiger charge is 2.53. The zero-order valence-corrected chi connectivity index (χ0v) is 16.6. The van der Waals surface area contributed by atoms with Gasteiger partial charge in [0, 0.05) is 23.9 Å². The minimum atomic E-state index is -0.264. The third-order valence-electron chi connectivity index (χ3n) is 6.28. The fraction of sp³-hybridized carbons (Fsp3) is 0.348. The molecule has 2 aromatic heterocycles. The molecule has 1 aromatic carbocycles. The number of nitrogens with one attached hydrogen (secondary N) is 2. The number of hydrogen-bond donors (Lipinski definition) is 2. The van der Waals surface area contributed by atoms with E-state index in [1.54, 1.807) is 12.3 Å². The second-order valence-corrected chi connectivity index (χ2v) is 7.92. The molecule has 1 aliphatic heterocycles. The summed E-state index contributed by atoms with van der Waals surface area (Å²) in [6.07, 6.45) is 6.70. The largest absolute Gasteiger partial charge is 0.370 e. The molecule has 3 heterocycles. The molecule has 1 amide bonds. The predicted molar refractivity (Wildman–Crippen MR) is 110 cm³/mol. The molecule has 0 radical (unpaired) electrons. The van der Waals surface area contributed by atoms with Gasteiger partial charge in [-0.25, -0.2) is 0 Å². The van der Waals surface area contributed by atoms with Crippen LogP contribution in [0.15, 0.2) is 65.6 Å². The smallest absolute Gasteiger partial charge is 0.274 e. The van der Waals surface area contributed by atoms with Crippen molar-refractivity contribution in [1.29, 1.82) is 0 Å². The summed E-state index contributed by atoms with van der Waals surface area (Å²) in [4.78, 5) is 17.0. The van der Waals surface area contributed by atoms with E-state index in [2.05, 4.69) is 39.0 Å². The summed E-state index contributed by atoms with van der Waals surface area (Å²) in [5.74, 6) is -0.260. The van der Waals surface area contributed by atoms with Crippen LogP contribution in [0, 0.1) is 0 Å². The molecular formula is C23H24N4O3. The van der Waals surface area contributed by atoms with Gasteiger partial charge in [0.1, 0.15) is 6.26 Å². The monoisotopic (exact) mass is 404 g/mol. The van der Waals surface area contributed by atoms with Crippen molar-refractivity contribution < 1.29 is 14.1 Å². The van der Waals surface area contributed by atoms with Crippen molar-refractivity contribution in [3.63, 3.8) is 0 Å². The lowest BCUT2D eigenvalue weighted by Gasteiger charge is -2.41. The maximum Gasteiger partial charge on any atom is 0.274 e. The lowest BCUT2D eigenvalue weighted by Crippen LogP contribution is -2.49. The molecule has 3 aromatic rings. The Morgan fingerprint density at radius 1 is 1.20 bits per heavy atom. The summed E-state index contributed by atoms with van der Waals surface area (Å²) in [5.41, 5.74) is 3.52. The van der Waals surface area contributed by atoms with Gasteiger partial charge in [-0.05, 0) is 48.7 Å². The van der Waals surface area contributed by atoms with Gasteiger partial charge in [0.15, 0.2) is 5.69 Å². The quantitative estimate of drug-likeness (QED) is 0.680. The maximum absolute atomic E-state index is 12.9. The summed E-state index contributed by atoms with van der Waals surface area (Å²) in [5, 5.41) is 10.4. The minimum absolute atomic E-state index is 0.147. The molecule has 1 spiro atoms. The van der Waals surface area contributed by atoms with Crippen molar-refractivity contribution in [3.8, 4) is 0 Å². The Kier molecular flexibility index (Phi) is 5.06. The number of ether oxygens (including phenoxy) is 1. The van der Waals surface area contributed by atoms with E-state index in [1.165, 1.54) is 11.8 Å². The van der Waals surface area contributed by atoms with Gasteiger partial charge in [-0.3, -0.25) is 9.78 Å². The van der Waals surface area contributed by atoms with Crippen LogP contribution >= 0.6 is 0 Å². The Bertz CT molecular complexity index is 1000. The second-order valence-electron chi connectivity index (χ2n) is 7.92. The molecule has 2 atom stereocenters. The number of amides is 1. The van der Waals surface area contributed by atoms with Crippen molar-refractivity contribution in [2.75, 3.05) is 13.1 Å². The Balaban J connectivity index is 1.50. The van der Waals surface area contributed by atoms with Crippen LogP contribution in [-0.2, 0) is 16.8 Å². The average molecular weight is 404 g/mol. The van der Waals surface area contributed by atoms with Crippen molar-refractivity contribution in [2.45, 2.75) is 37.0 Å². The Labute approximate surface area is 174 Å².